The van der Waals surface area contributed by atoms with Crippen LogP contribution in [0.1, 0.15) is 16.8 Å². The van der Waals surface area contributed by atoms with Crippen molar-refractivity contribution in [1.82, 2.24) is 15.3 Å². The van der Waals surface area contributed by atoms with E-state index in [1.165, 1.54) is 22.3 Å². The molecule has 1 unspecified atom stereocenters. The van der Waals surface area contributed by atoms with E-state index < -0.39 is 0 Å². The van der Waals surface area contributed by atoms with Gasteiger partial charge < -0.3 is 15.4 Å². The van der Waals surface area contributed by atoms with Crippen LogP contribution in [0, 0.1) is 6.92 Å². The summed E-state index contributed by atoms with van der Waals surface area (Å²) in [6.45, 7) is 2.95. The zero-order valence-electron chi connectivity index (χ0n) is 13.9. The van der Waals surface area contributed by atoms with Crippen LogP contribution in [0.25, 0.3) is 11.1 Å². The van der Waals surface area contributed by atoms with Crippen molar-refractivity contribution in [3.8, 4) is 11.1 Å². The van der Waals surface area contributed by atoms with Crippen LogP contribution in [-0.4, -0.2) is 27.7 Å². The minimum absolute atomic E-state index is 0.00642. The molecule has 3 N–H and O–H groups in total. The average molecular weight is 321 g/mol. The summed E-state index contributed by atoms with van der Waals surface area (Å²) in [4.78, 5) is 7.09. The summed E-state index contributed by atoms with van der Waals surface area (Å²) in [5.41, 5.74) is 5.98. The van der Waals surface area contributed by atoms with Crippen molar-refractivity contribution < 1.29 is 5.11 Å². The van der Waals surface area contributed by atoms with E-state index in [1.54, 1.807) is 12.5 Å². The van der Waals surface area contributed by atoms with Gasteiger partial charge in [0.05, 0.1) is 12.9 Å². The second kappa shape index (κ2) is 7.90. The zero-order chi connectivity index (χ0) is 16.8. The number of nitrogens with one attached hydrogen (secondary N) is 2. The Bertz CT molecular complexity index is 754. The van der Waals surface area contributed by atoms with Gasteiger partial charge in [-0.15, -0.1) is 0 Å². The molecule has 1 aromatic heterocycles. The largest absolute Gasteiger partial charge is 0.395 e. The molecule has 0 fully saturated rings. The smallest absolute Gasteiger partial charge is 0.0921 e. The molecule has 0 amide bonds. The number of H-pyrrole nitrogens is 1. The average Bonchev–Trinajstić information content (AvgIpc) is 3.13. The summed E-state index contributed by atoms with van der Waals surface area (Å²) in [6, 6.07) is 16.9. The molecule has 3 rings (SSSR count). The number of aliphatic hydroxyl groups is 1. The van der Waals surface area contributed by atoms with E-state index in [9.17, 15) is 5.11 Å². The Morgan fingerprint density at radius 2 is 2.00 bits per heavy atom. The topological polar surface area (TPSA) is 60.9 Å². The predicted octanol–water partition coefficient (Wildman–Crippen LogP) is 3.08. The fraction of sp³-hybridized carbons (Fsp3) is 0.250. The van der Waals surface area contributed by atoms with Crippen LogP contribution in [0.4, 0.5) is 0 Å². The molecule has 3 aromatic rings. The van der Waals surface area contributed by atoms with Gasteiger partial charge in [0.25, 0.3) is 0 Å². The highest BCUT2D eigenvalue weighted by Crippen LogP contribution is 2.24. The van der Waals surface area contributed by atoms with E-state index in [1.807, 2.05) is 6.07 Å². The second-order valence-corrected chi connectivity index (χ2v) is 6.06. The van der Waals surface area contributed by atoms with E-state index >= 15 is 0 Å². The van der Waals surface area contributed by atoms with Crippen molar-refractivity contribution in [2.24, 2.45) is 0 Å². The lowest BCUT2D eigenvalue weighted by molar-refractivity contribution is 0.240. The third-order valence-electron chi connectivity index (χ3n) is 4.22. The van der Waals surface area contributed by atoms with Gasteiger partial charge in [0.15, 0.2) is 0 Å². The third-order valence-corrected chi connectivity index (χ3v) is 4.22. The monoisotopic (exact) mass is 321 g/mol. The van der Waals surface area contributed by atoms with E-state index in [0.717, 1.165) is 18.7 Å². The summed E-state index contributed by atoms with van der Waals surface area (Å²) in [6.07, 6.45) is 4.19. The molecule has 0 aliphatic rings. The molecule has 0 saturated carbocycles. The Morgan fingerprint density at radius 3 is 2.71 bits per heavy atom. The molecule has 4 nitrogen and oxygen atoms in total. The first kappa shape index (κ1) is 16.4. The van der Waals surface area contributed by atoms with Crippen molar-refractivity contribution in [2.75, 3.05) is 6.61 Å². The van der Waals surface area contributed by atoms with Crippen molar-refractivity contribution in [3.63, 3.8) is 0 Å². The number of rotatable bonds is 7. The minimum Gasteiger partial charge on any atom is -0.395 e. The first-order valence-corrected chi connectivity index (χ1v) is 8.22. The first-order valence-electron chi connectivity index (χ1n) is 8.22. The van der Waals surface area contributed by atoms with Gasteiger partial charge in [0.1, 0.15) is 0 Å². The number of aromatic amines is 1. The number of nitrogens with zero attached hydrogens (tertiary/aromatic N) is 1. The van der Waals surface area contributed by atoms with Crippen LogP contribution in [0.2, 0.25) is 0 Å². The summed E-state index contributed by atoms with van der Waals surface area (Å²) in [7, 11) is 0. The Morgan fingerprint density at radius 1 is 1.17 bits per heavy atom. The van der Waals surface area contributed by atoms with Gasteiger partial charge >= 0.3 is 0 Å². The fourth-order valence-corrected chi connectivity index (χ4v) is 2.83. The van der Waals surface area contributed by atoms with Gasteiger partial charge in [-0.25, -0.2) is 4.98 Å². The highest BCUT2D eigenvalue weighted by molar-refractivity contribution is 5.67. The number of aromatic nitrogens is 2. The predicted molar refractivity (Wildman–Crippen MR) is 96.6 cm³/mol. The minimum atomic E-state index is 0.00642. The second-order valence-electron chi connectivity index (χ2n) is 6.06. The van der Waals surface area contributed by atoms with Crippen LogP contribution in [0.3, 0.4) is 0 Å². The molecule has 0 spiro atoms. The van der Waals surface area contributed by atoms with Crippen LogP contribution in [0.15, 0.2) is 61.1 Å². The molecule has 2 aromatic carbocycles. The van der Waals surface area contributed by atoms with Gasteiger partial charge in [-0.2, -0.15) is 0 Å². The number of hydrogen-bond donors (Lipinski definition) is 3. The lowest BCUT2D eigenvalue weighted by atomic mass is 9.98. The maximum atomic E-state index is 9.58. The van der Waals surface area contributed by atoms with E-state index in [-0.39, 0.29) is 12.6 Å². The Kier molecular flexibility index (Phi) is 5.41. The molecule has 4 heteroatoms. The van der Waals surface area contributed by atoms with Crippen molar-refractivity contribution in [1.29, 1.82) is 0 Å². The summed E-state index contributed by atoms with van der Waals surface area (Å²) in [5.74, 6) is 0. The molecule has 1 heterocycles. The maximum absolute atomic E-state index is 9.58. The van der Waals surface area contributed by atoms with E-state index in [0.29, 0.717) is 0 Å². The lowest BCUT2D eigenvalue weighted by Crippen LogP contribution is -2.34. The molecular weight excluding hydrogens is 298 g/mol. The maximum Gasteiger partial charge on any atom is 0.0921 e. The fourth-order valence-electron chi connectivity index (χ4n) is 2.83. The Balaban J connectivity index is 1.69. The quantitative estimate of drug-likeness (QED) is 0.627. The number of benzene rings is 2. The number of aliphatic hydroxyl groups excluding tert-OH is 1. The molecule has 0 saturated heterocycles. The Labute approximate surface area is 142 Å². The lowest BCUT2D eigenvalue weighted by Gasteiger charge is -2.16. The van der Waals surface area contributed by atoms with Gasteiger partial charge in [-0.05, 0) is 35.2 Å². The molecule has 0 radical (unpaired) electrons. The first-order chi connectivity index (χ1) is 11.8. The molecule has 124 valence electrons. The van der Waals surface area contributed by atoms with Crippen LogP contribution in [-0.2, 0) is 13.0 Å². The standard InChI is InChI=1S/C20H23N3O/c1-15-7-8-16(9-20(15)17-5-3-2-4-6-17)11-22-19(13-24)10-18-12-21-14-23-18/h2-9,12,14,19,22,24H,10-11,13H2,1H3,(H,21,23). The van der Waals surface area contributed by atoms with Crippen LogP contribution < -0.4 is 5.32 Å². The molecule has 24 heavy (non-hydrogen) atoms. The summed E-state index contributed by atoms with van der Waals surface area (Å²) < 4.78 is 0. The highest BCUT2D eigenvalue weighted by Gasteiger charge is 2.10. The SMILES string of the molecule is Cc1ccc(CNC(CO)Cc2cnc[nH]2)cc1-c1ccccc1. The van der Waals surface area contributed by atoms with Crippen LogP contribution >= 0.6 is 0 Å². The Hall–Kier alpha value is -2.43. The normalized spacial score (nSPS) is 12.2. The van der Waals surface area contributed by atoms with Gasteiger partial charge in [-0.1, -0.05) is 42.5 Å². The molecule has 0 bridgehead atoms. The van der Waals surface area contributed by atoms with Gasteiger partial charge in [-0.3, -0.25) is 0 Å². The van der Waals surface area contributed by atoms with Gasteiger partial charge in [0.2, 0.25) is 0 Å². The van der Waals surface area contributed by atoms with E-state index in [2.05, 4.69) is 64.7 Å². The molecule has 0 aliphatic carbocycles. The molecule has 1 atom stereocenters. The molecular formula is C20H23N3O. The van der Waals surface area contributed by atoms with E-state index in [4.69, 9.17) is 0 Å². The number of hydrogen-bond acceptors (Lipinski definition) is 3. The zero-order valence-corrected chi connectivity index (χ0v) is 13.9. The van der Waals surface area contributed by atoms with Crippen LogP contribution in [0.5, 0.6) is 0 Å². The summed E-state index contributed by atoms with van der Waals surface area (Å²) in [5, 5.41) is 13.0. The summed E-state index contributed by atoms with van der Waals surface area (Å²) >= 11 is 0. The third kappa shape index (κ3) is 4.10. The van der Waals surface area contributed by atoms with Crippen molar-refractivity contribution >= 4 is 0 Å². The van der Waals surface area contributed by atoms with Crippen molar-refractivity contribution in [2.45, 2.75) is 25.9 Å². The molecule has 0 aliphatic heterocycles. The van der Waals surface area contributed by atoms with Gasteiger partial charge in [0, 0.05) is 30.9 Å². The highest BCUT2D eigenvalue weighted by atomic mass is 16.3. The number of imidazole rings is 1. The van der Waals surface area contributed by atoms with Crippen molar-refractivity contribution in [3.05, 3.63) is 77.9 Å². The number of aryl methyl sites for hydroxylation is 1.